The molecule has 1 atom stereocenters. The molecule has 0 saturated heterocycles. The Morgan fingerprint density at radius 2 is 2.23 bits per heavy atom. The fourth-order valence-electron chi connectivity index (χ4n) is 1.15. The summed E-state index contributed by atoms with van der Waals surface area (Å²) in [6, 6.07) is 4.59. The third-order valence-corrected chi connectivity index (χ3v) is 2.17. The van der Waals surface area contributed by atoms with Gasteiger partial charge in [-0.1, -0.05) is 12.1 Å². The van der Waals surface area contributed by atoms with Crippen LogP contribution in [0.1, 0.15) is 23.7 Å². The van der Waals surface area contributed by atoms with Gasteiger partial charge in [0.1, 0.15) is 5.82 Å². The first-order chi connectivity index (χ1) is 6.15. The van der Waals surface area contributed by atoms with Crippen molar-refractivity contribution in [2.45, 2.75) is 19.4 Å². The molecule has 1 N–H and O–H groups in total. The Balaban J connectivity index is 2.84. The zero-order chi connectivity index (χ0) is 9.84. The van der Waals surface area contributed by atoms with Gasteiger partial charge in [-0.3, -0.25) is 0 Å². The molecular formula is C10H12ClFO. The molecule has 13 heavy (non-hydrogen) atoms. The fraction of sp³-hybridized carbons (Fsp3) is 0.400. The van der Waals surface area contributed by atoms with E-state index in [0.717, 1.165) is 5.56 Å². The molecule has 0 amide bonds. The molecule has 0 radical (unpaired) electrons. The largest absolute Gasteiger partial charge is 0.388 e. The van der Waals surface area contributed by atoms with E-state index in [1.807, 2.05) is 0 Å². The molecule has 0 bridgehead atoms. The average molecular weight is 203 g/mol. The third-order valence-electron chi connectivity index (χ3n) is 1.95. The van der Waals surface area contributed by atoms with Gasteiger partial charge in [0.2, 0.25) is 0 Å². The van der Waals surface area contributed by atoms with Crippen LogP contribution in [-0.2, 0) is 0 Å². The van der Waals surface area contributed by atoms with E-state index in [2.05, 4.69) is 0 Å². The van der Waals surface area contributed by atoms with Gasteiger partial charge in [-0.2, -0.15) is 0 Å². The molecular weight excluding hydrogens is 191 g/mol. The number of aryl methyl sites for hydroxylation is 1. The molecule has 0 aliphatic carbocycles. The minimum atomic E-state index is -0.586. The van der Waals surface area contributed by atoms with Gasteiger partial charge in [-0.15, -0.1) is 11.6 Å². The highest BCUT2D eigenvalue weighted by molar-refractivity contribution is 6.17. The number of aliphatic hydroxyl groups is 1. The summed E-state index contributed by atoms with van der Waals surface area (Å²) in [5.41, 5.74) is 1.27. The second-order valence-corrected chi connectivity index (χ2v) is 3.38. The van der Waals surface area contributed by atoms with Crippen LogP contribution in [0.5, 0.6) is 0 Å². The Morgan fingerprint density at radius 3 is 2.77 bits per heavy atom. The van der Waals surface area contributed by atoms with Gasteiger partial charge in [-0.25, -0.2) is 4.39 Å². The highest BCUT2D eigenvalue weighted by Crippen LogP contribution is 2.19. The summed E-state index contributed by atoms with van der Waals surface area (Å²) in [5, 5.41) is 9.53. The summed E-state index contributed by atoms with van der Waals surface area (Å²) in [6.07, 6.45) is -0.0936. The van der Waals surface area contributed by atoms with Gasteiger partial charge in [0.25, 0.3) is 0 Å². The number of alkyl halides is 1. The third kappa shape index (κ3) is 2.68. The maximum absolute atomic E-state index is 12.8. The van der Waals surface area contributed by atoms with Crippen LogP contribution in [-0.4, -0.2) is 11.0 Å². The standard InChI is InChI=1S/C10H12ClFO/c1-7-6-8(2-3-9(7)12)10(13)4-5-11/h2-3,6,10,13H,4-5H2,1H3. The van der Waals surface area contributed by atoms with E-state index in [-0.39, 0.29) is 5.82 Å². The number of hydrogen-bond donors (Lipinski definition) is 1. The smallest absolute Gasteiger partial charge is 0.126 e. The summed E-state index contributed by atoms with van der Waals surface area (Å²) < 4.78 is 12.8. The van der Waals surface area contributed by atoms with Crippen LogP contribution in [0.15, 0.2) is 18.2 Å². The summed E-state index contributed by atoms with van der Waals surface area (Å²) in [6.45, 7) is 1.67. The minimum Gasteiger partial charge on any atom is -0.388 e. The number of hydrogen-bond acceptors (Lipinski definition) is 1. The first-order valence-electron chi connectivity index (χ1n) is 4.15. The molecule has 1 aromatic carbocycles. The van der Waals surface area contributed by atoms with Crippen LogP contribution in [0.25, 0.3) is 0 Å². The van der Waals surface area contributed by atoms with Crippen molar-refractivity contribution in [1.82, 2.24) is 0 Å². The van der Waals surface area contributed by atoms with Gasteiger partial charge in [-0.05, 0) is 30.5 Å². The number of aliphatic hydroxyl groups excluding tert-OH is 1. The maximum Gasteiger partial charge on any atom is 0.126 e. The molecule has 1 unspecified atom stereocenters. The summed E-state index contributed by atoms with van der Waals surface area (Å²) >= 11 is 5.48. The molecule has 1 nitrogen and oxygen atoms in total. The molecule has 3 heteroatoms. The molecule has 72 valence electrons. The monoisotopic (exact) mass is 202 g/mol. The lowest BCUT2D eigenvalue weighted by atomic mass is 10.0. The van der Waals surface area contributed by atoms with Crippen LogP contribution in [0.2, 0.25) is 0 Å². The van der Waals surface area contributed by atoms with Crippen molar-refractivity contribution in [2.75, 3.05) is 5.88 Å². The van der Waals surface area contributed by atoms with Crippen LogP contribution < -0.4 is 0 Å². The van der Waals surface area contributed by atoms with Gasteiger partial charge in [0, 0.05) is 5.88 Å². The molecule has 0 heterocycles. The highest BCUT2D eigenvalue weighted by atomic mass is 35.5. The second kappa shape index (κ2) is 4.58. The van der Waals surface area contributed by atoms with E-state index < -0.39 is 6.10 Å². The quantitative estimate of drug-likeness (QED) is 0.748. The number of benzene rings is 1. The van der Waals surface area contributed by atoms with E-state index in [1.165, 1.54) is 6.07 Å². The fourth-order valence-corrected chi connectivity index (χ4v) is 1.35. The maximum atomic E-state index is 12.8. The Morgan fingerprint density at radius 1 is 1.54 bits per heavy atom. The van der Waals surface area contributed by atoms with E-state index in [1.54, 1.807) is 19.1 Å². The van der Waals surface area contributed by atoms with Crippen LogP contribution in [0.3, 0.4) is 0 Å². The average Bonchev–Trinajstić information content (AvgIpc) is 2.10. The van der Waals surface area contributed by atoms with Crippen molar-refractivity contribution >= 4 is 11.6 Å². The molecule has 0 aliphatic heterocycles. The molecule has 1 aromatic rings. The minimum absolute atomic E-state index is 0.248. The summed E-state index contributed by atoms with van der Waals surface area (Å²) in [4.78, 5) is 0. The lowest BCUT2D eigenvalue weighted by Gasteiger charge is -2.09. The summed E-state index contributed by atoms with van der Waals surface area (Å²) in [5.74, 6) is 0.152. The van der Waals surface area contributed by atoms with Crippen LogP contribution >= 0.6 is 11.6 Å². The first kappa shape index (κ1) is 10.5. The normalized spacial score (nSPS) is 12.9. The van der Waals surface area contributed by atoms with Crippen molar-refractivity contribution in [1.29, 1.82) is 0 Å². The van der Waals surface area contributed by atoms with Crippen molar-refractivity contribution in [3.8, 4) is 0 Å². The van der Waals surface area contributed by atoms with E-state index in [9.17, 15) is 9.50 Å². The Kier molecular flexibility index (Phi) is 3.70. The molecule has 1 rings (SSSR count). The predicted octanol–water partition coefficient (Wildman–Crippen LogP) is 2.80. The zero-order valence-corrected chi connectivity index (χ0v) is 8.18. The molecule has 0 aliphatic rings. The predicted molar refractivity (Wildman–Crippen MR) is 51.4 cm³/mol. The SMILES string of the molecule is Cc1cc(C(O)CCCl)ccc1F. The van der Waals surface area contributed by atoms with Gasteiger partial charge in [0.05, 0.1) is 6.10 Å². The Hall–Kier alpha value is -0.600. The zero-order valence-electron chi connectivity index (χ0n) is 7.43. The molecule has 0 spiro atoms. The topological polar surface area (TPSA) is 20.2 Å². The second-order valence-electron chi connectivity index (χ2n) is 3.00. The van der Waals surface area contributed by atoms with Gasteiger partial charge >= 0.3 is 0 Å². The Labute approximate surface area is 82.2 Å². The van der Waals surface area contributed by atoms with E-state index in [4.69, 9.17) is 11.6 Å². The van der Waals surface area contributed by atoms with Crippen molar-refractivity contribution < 1.29 is 9.50 Å². The molecule has 0 saturated carbocycles. The Bertz CT molecular complexity index is 288. The lowest BCUT2D eigenvalue weighted by molar-refractivity contribution is 0.174. The van der Waals surface area contributed by atoms with E-state index >= 15 is 0 Å². The lowest BCUT2D eigenvalue weighted by Crippen LogP contribution is -1.99. The van der Waals surface area contributed by atoms with Crippen molar-refractivity contribution in [2.24, 2.45) is 0 Å². The van der Waals surface area contributed by atoms with Crippen molar-refractivity contribution in [3.63, 3.8) is 0 Å². The molecule has 0 aromatic heterocycles. The number of halogens is 2. The van der Waals surface area contributed by atoms with Crippen LogP contribution in [0.4, 0.5) is 4.39 Å². The highest BCUT2D eigenvalue weighted by Gasteiger charge is 2.07. The number of rotatable bonds is 3. The van der Waals surface area contributed by atoms with Gasteiger partial charge in [0.15, 0.2) is 0 Å². The van der Waals surface area contributed by atoms with Crippen LogP contribution in [0, 0.1) is 12.7 Å². The van der Waals surface area contributed by atoms with Crippen molar-refractivity contribution in [3.05, 3.63) is 35.1 Å². The first-order valence-corrected chi connectivity index (χ1v) is 4.68. The van der Waals surface area contributed by atoms with Gasteiger partial charge < -0.3 is 5.11 Å². The summed E-state index contributed by atoms with van der Waals surface area (Å²) in [7, 11) is 0. The van der Waals surface area contributed by atoms with E-state index in [0.29, 0.717) is 17.9 Å². The molecule has 0 fully saturated rings.